The van der Waals surface area contributed by atoms with Gasteiger partial charge >= 0.3 is 0 Å². The molecule has 0 aromatic carbocycles. The zero-order valence-corrected chi connectivity index (χ0v) is 12.6. The number of aliphatic hydroxyl groups excluding tert-OH is 1. The van der Waals surface area contributed by atoms with E-state index in [9.17, 15) is 5.11 Å². The van der Waals surface area contributed by atoms with Gasteiger partial charge in [0.1, 0.15) is 11.8 Å². The highest BCUT2D eigenvalue weighted by molar-refractivity contribution is 6.33. The number of aliphatic hydroxyl groups is 1. The number of hydrogen-bond acceptors (Lipinski definition) is 4. The SMILES string of the molecule is CCCCCCC(CCO)n1cnc2c(Cl)ncnc21. The van der Waals surface area contributed by atoms with Crippen molar-refractivity contribution < 1.29 is 5.11 Å². The summed E-state index contributed by atoms with van der Waals surface area (Å²) in [6.45, 7) is 2.37. The van der Waals surface area contributed by atoms with Gasteiger partial charge in [-0.15, -0.1) is 0 Å². The Labute approximate surface area is 124 Å². The average Bonchev–Trinajstić information content (AvgIpc) is 2.88. The standard InChI is InChI=1S/C14H21ClN4O/c1-2-3-4-5-6-11(7-8-20)19-10-18-12-13(15)16-9-17-14(12)19/h9-11,20H,2-8H2,1H3. The van der Waals surface area contributed by atoms with Gasteiger partial charge in [0, 0.05) is 12.6 Å². The van der Waals surface area contributed by atoms with Crippen LogP contribution < -0.4 is 0 Å². The third-order valence-electron chi connectivity index (χ3n) is 3.56. The number of imidazole rings is 1. The molecule has 0 aliphatic carbocycles. The van der Waals surface area contributed by atoms with Crippen molar-refractivity contribution in [3.63, 3.8) is 0 Å². The molecule has 0 saturated carbocycles. The molecule has 2 aromatic heterocycles. The second-order valence-corrected chi connectivity index (χ2v) is 5.36. The summed E-state index contributed by atoms with van der Waals surface area (Å²) in [5.74, 6) is 0. The lowest BCUT2D eigenvalue weighted by molar-refractivity contribution is 0.251. The Morgan fingerprint density at radius 2 is 2.05 bits per heavy atom. The molecule has 5 nitrogen and oxygen atoms in total. The van der Waals surface area contributed by atoms with Crippen LogP contribution >= 0.6 is 11.6 Å². The van der Waals surface area contributed by atoms with E-state index in [1.165, 1.54) is 25.6 Å². The summed E-state index contributed by atoms with van der Waals surface area (Å²) >= 11 is 6.02. The lowest BCUT2D eigenvalue weighted by Gasteiger charge is -2.17. The maximum Gasteiger partial charge on any atom is 0.165 e. The lowest BCUT2D eigenvalue weighted by Crippen LogP contribution is -2.10. The molecular formula is C14H21ClN4O. The summed E-state index contributed by atoms with van der Waals surface area (Å²) < 4.78 is 2.02. The van der Waals surface area contributed by atoms with Crippen molar-refractivity contribution >= 4 is 22.8 Å². The summed E-state index contributed by atoms with van der Waals surface area (Å²) in [5.41, 5.74) is 1.38. The van der Waals surface area contributed by atoms with Gasteiger partial charge in [0.15, 0.2) is 10.8 Å². The van der Waals surface area contributed by atoms with Crippen molar-refractivity contribution in [1.29, 1.82) is 0 Å². The average molecular weight is 297 g/mol. The molecule has 0 radical (unpaired) electrons. The topological polar surface area (TPSA) is 63.8 Å². The summed E-state index contributed by atoms with van der Waals surface area (Å²) in [5, 5.41) is 9.65. The lowest BCUT2D eigenvalue weighted by atomic mass is 10.0. The van der Waals surface area contributed by atoms with Crippen LogP contribution in [0.1, 0.15) is 51.5 Å². The van der Waals surface area contributed by atoms with Crippen molar-refractivity contribution in [2.45, 2.75) is 51.5 Å². The highest BCUT2D eigenvalue weighted by atomic mass is 35.5. The van der Waals surface area contributed by atoms with Gasteiger partial charge in [0.2, 0.25) is 0 Å². The predicted octanol–water partition coefficient (Wildman–Crippen LogP) is 3.37. The van der Waals surface area contributed by atoms with Crippen LogP contribution in [0.4, 0.5) is 0 Å². The van der Waals surface area contributed by atoms with Gasteiger partial charge in [-0.1, -0.05) is 44.2 Å². The maximum atomic E-state index is 9.27. The van der Waals surface area contributed by atoms with Crippen molar-refractivity contribution in [3.8, 4) is 0 Å². The van der Waals surface area contributed by atoms with Crippen LogP contribution in [0, 0.1) is 0 Å². The van der Waals surface area contributed by atoms with Crippen LogP contribution in [0.2, 0.25) is 5.15 Å². The number of fused-ring (bicyclic) bond motifs is 1. The minimum absolute atomic E-state index is 0.164. The molecule has 2 rings (SSSR count). The Hall–Kier alpha value is -1.20. The highest BCUT2D eigenvalue weighted by Crippen LogP contribution is 2.25. The molecule has 0 amide bonds. The molecule has 0 bridgehead atoms. The van der Waals surface area contributed by atoms with Gasteiger partial charge in [-0.05, 0) is 12.8 Å². The first kappa shape index (κ1) is 15.2. The van der Waals surface area contributed by atoms with Crippen molar-refractivity contribution in [2.75, 3.05) is 6.61 Å². The van der Waals surface area contributed by atoms with E-state index in [1.807, 2.05) is 4.57 Å². The normalized spacial score (nSPS) is 12.9. The molecule has 0 spiro atoms. The first-order valence-electron chi connectivity index (χ1n) is 7.21. The molecule has 1 atom stereocenters. The summed E-state index contributed by atoms with van der Waals surface area (Å²) in [6, 6.07) is 0.216. The third kappa shape index (κ3) is 3.46. The van der Waals surface area contributed by atoms with Crippen LogP contribution in [0.3, 0.4) is 0 Å². The Kier molecular flexibility index (Phi) is 5.73. The number of hydrogen-bond donors (Lipinski definition) is 1. The number of unbranched alkanes of at least 4 members (excludes halogenated alkanes) is 3. The molecular weight excluding hydrogens is 276 g/mol. The van der Waals surface area contributed by atoms with Gasteiger partial charge < -0.3 is 9.67 Å². The van der Waals surface area contributed by atoms with Gasteiger partial charge in [0.25, 0.3) is 0 Å². The number of halogens is 1. The zero-order chi connectivity index (χ0) is 14.4. The molecule has 2 heterocycles. The quantitative estimate of drug-likeness (QED) is 0.599. The number of rotatable bonds is 8. The van der Waals surface area contributed by atoms with Gasteiger partial charge in [-0.3, -0.25) is 0 Å². The fourth-order valence-corrected chi connectivity index (χ4v) is 2.65. The van der Waals surface area contributed by atoms with E-state index >= 15 is 0 Å². The largest absolute Gasteiger partial charge is 0.396 e. The van der Waals surface area contributed by atoms with Crippen LogP contribution in [-0.4, -0.2) is 31.2 Å². The molecule has 1 N–H and O–H groups in total. The molecule has 2 aromatic rings. The van der Waals surface area contributed by atoms with Gasteiger partial charge in [0.05, 0.1) is 6.33 Å². The van der Waals surface area contributed by atoms with Gasteiger partial charge in [-0.2, -0.15) is 0 Å². The van der Waals surface area contributed by atoms with E-state index in [2.05, 4.69) is 21.9 Å². The van der Waals surface area contributed by atoms with Crippen molar-refractivity contribution in [3.05, 3.63) is 17.8 Å². The Bertz CT molecular complexity index is 543. The molecule has 1 unspecified atom stereocenters. The fraction of sp³-hybridized carbons (Fsp3) is 0.643. The summed E-state index contributed by atoms with van der Waals surface area (Å²) in [4.78, 5) is 12.5. The second-order valence-electron chi connectivity index (χ2n) is 5.00. The maximum absolute atomic E-state index is 9.27. The molecule has 110 valence electrons. The van der Waals surface area contributed by atoms with E-state index in [0.29, 0.717) is 17.1 Å². The van der Waals surface area contributed by atoms with Crippen molar-refractivity contribution in [2.24, 2.45) is 0 Å². The third-order valence-corrected chi connectivity index (χ3v) is 3.84. The molecule has 0 saturated heterocycles. The Morgan fingerprint density at radius 1 is 1.20 bits per heavy atom. The molecule has 0 aliphatic rings. The van der Waals surface area contributed by atoms with E-state index in [-0.39, 0.29) is 12.6 Å². The summed E-state index contributed by atoms with van der Waals surface area (Å²) in [7, 11) is 0. The molecule has 0 aliphatic heterocycles. The first-order valence-corrected chi connectivity index (χ1v) is 7.59. The second kappa shape index (κ2) is 7.55. The van der Waals surface area contributed by atoms with E-state index in [0.717, 1.165) is 18.5 Å². The van der Waals surface area contributed by atoms with Gasteiger partial charge in [-0.25, -0.2) is 15.0 Å². The Balaban J connectivity index is 2.16. The van der Waals surface area contributed by atoms with E-state index in [4.69, 9.17) is 11.6 Å². The molecule has 6 heteroatoms. The minimum Gasteiger partial charge on any atom is -0.396 e. The number of nitrogens with zero attached hydrogens (tertiary/aromatic N) is 4. The summed E-state index contributed by atoms with van der Waals surface area (Å²) in [6.07, 6.45) is 9.79. The van der Waals surface area contributed by atoms with Crippen LogP contribution in [0.5, 0.6) is 0 Å². The monoisotopic (exact) mass is 296 g/mol. The Morgan fingerprint density at radius 3 is 2.80 bits per heavy atom. The molecule has 0 fully saturated rings. The molecule has 20 heavy (non-hydrogen) atoms. The van der Waals surface area contributed by atoms with Crippen LogP contribution in [0.25, 0.3) is 11.2 Å². The zero-order valence-electron chi connectivity index (χ0n) is 11.8. The highest BCUT2D eigenvalue weighted by Gasteiger charge is 2.16. The fourth-order valence-electron chi connectivity index (χ4n) is 2.47. The van der Waals surface area contributed by atoms with Crippen LogP contribution in [0.15, 0.2) is 12.7 Å². The number of aromatic nitrogens is 4. The van der Waals surface area contributed by atoms with Crippen LogP contribution in [-0.2, 0) is 0 Å². The van der Waals surface area contributed by atoms with E-state index < -0.39 is 0 Å². The van der Waals surface area contributed by atoms with Crippen molar-refractivity contribution in [1.82, 2.24) is 19.5 Å². The first-order chi connectivity index (χ1) is 9.77. The predicted molar refractivity (Wildman–Crippen MR) is 79.8 cm³/mol. The van der Waals surface area contributed by atoms with E-state index in [1.54, 1.807) is 6.33 Å². The minimum atomic E-state index is 0.164. The smallest absolute Gasteiger partial charge is 0.165 e.